The van der Waals surface area contributed by atoms with Crippen molar-refractivity contribution in [2.45, 2.75) is 6.42 Å². The van der Waals surface area contributed by atoms with Crippen LogP contribution in [0.2, 0.25) is 0 Å². The fourth-order valence-electron chi connectivity index (χ4n) is 2.36. The quantitative estimate of drug-likeness (QED) is 0.768. The monoisotopic (exact) mass is 297 g/mol. The minimum absolute atomic E-state index is 0.240. The predicted octanol–water partition coefficient (Wildman–Crippen LogP) is 2.82. The number of carbonyl (C=O) groups is 2. The Balaban J connectivity index is 2.10. The van der Waals surface area contributed by atoms with Crippen molar-refractivity contribution in [2.24, 2.45) is 0 Å². The van der Waals surface area contributed by atoms with E-state index >= 15 is 0 Å². The average molecular weight is 297 g/mol. The van der Waals surface area contributed by atoms with Gasteiger partial charge in [-0.3, -0.25) is 4.98 Å². The molecule has 0 bridgehead atoms. The van der Waals surface area contributed by atoms with Gasteiger partial charge in [0.15, 0.2) is 0 Å². The molecular formula is C16H11NO5. The number of hydrogen-bond donors (Lipinski definition) is 2. The number of carboxylic acid groups (broad SMARTS) is 2. The van der Waals surface area contributed by atoms with Gasteiger partial charge in [0.1, 0.15) is 11.1 Å². The van der Waals surface area contributed by atoms with Gasteiger partial charge in [-0.05, 0) is 35.7 Å². The van der Waals surface area contributed by atoms with Gasteiger partial charge in [-0.2, -0.15) is 0 Å². The minimum Gasteiger partial charge on any atom is -0.478 e. The van der Waals surface area contributed by atoms with Crippen LogP contribution in [0.5, 0.6) is 0 Å². The molecule has 0 aliphatic carbocycles. The van der Waals surface area contributed by atoms with E-state index in [4.69, 9.17) is 9.52 Å². The summed E-state index contributed by atoms with van der Waals surface area (Å²) in [5.74, 6) is -3.28. The van der Waals surface area contributed by atoms with Crippen molar-refractivity contribution in [3.8, 4) is 0 Å². The number of fused-ring (bicyclic) bond motifs is 1. The highest BCUT2D eigenvalue weighted by molar-refractivity contribution is 6.10. The van der Waals surface area contributed by atoms with Gasteiger partial charge in [-0.25, -0.2) is 9.59 Å². The van der Waals surface area contributed by atoms with Gasteiger partial charge < -0.3 is 14.6 Å². The highest BCUT2D eigenvalue weighted by Gasteiger charge is 2.25. The lowest BCUT2D eigenvalue weighted by molar-refractivity contribution is 0.0628. The van der Waals surface area contributed by atoms with Gasteiger partial charge >= 0.3 is 11.9 Å². The third-order valence-corrected chi connectivity index (χ3v) is 3.29. The van der Waals surface area contributed by atoms with Crippen LogP contribution in [-0.2, 0) is 6.42 Å². The van der Waals surface area contributed by atoms with E-state index in [0.29, 0.717) is 6.42 Å². The summed E-state index contributed by atoms with van der Waals surface area (Å²) in [4.78, 5) is 26.5. The maximum absolute atomic E-state index is 11.3. The average Bonchev–Trinajstić information content (AvgIpc) is 2.87. The lowest BCUT2D eigenvalue weighted by Gasteiger charge is -2.01. The van der Waals surface area contributed by atoms with E-state index in [1.807, 2.05) is 12.1 Å². The molecule has 0 saturated heterocycles. The molecule has 2 heterocycles. The molecule has 0 atom stereocenters. The molecule has 2 aromatic heterocycles. The number of aromatic carboxylic acids is 2. The summed E-state index contributed by atoms with van der Waals surface area (Å²) >= 11 is 0. The summed E-state index contributed by atoms with van der Waals surface area (Å²) in [6, 6.07) is 8.72. The second-order valence-corrected chi connectivity index (χ2v) is 4.79. The molecule has 6 heteroatoms. The first-order chi connectivity index (χ1) is 10.6. The second kappa shape index (κ2) is 5.33. The summed E-state index contributed by atoms with van der Waals surface area (Å²) < 4.78 is 5.13. The Morgan fingerprint density at radius 1 is 1.09 bits per heavy atom. The maximum atomic E-state index is 11.3. The number of hydrogen-bond acceptors (Lipinski definition) is 4. The summed E-state index contributed by atoms with van der Waals surface area (Å²) in [5.41, 5.74) is 1.74. The number of carboxylic acids is 2. The lowest BCUT2D eigenvalue weighted by atomic mass is 10.0. The Morgan fingerprint density at radius 2 is 1.91 bits per heavy atom. The summed E-state index contributed by atoms with van der Waals surface area (Å²) in [5, 5.41) is 18.6. The van der Waals surface area contributed by atoms with Crippen molar-refractivity contribution in [2.75, 3.05) is 0 Å². The summed E-state index contributed by atoms with van der Waals surface area (Å²) in [7, 11) is 0. The first kappa shape index (κ1) is 13.8. The van der Waals surface area contributed by atoms with E-state index in [2.05, 4.69) is 4.98 Å². The smallest absolute Gasteiger partial charge is 0.372 e. The molecule has 2 N–H and O–H groups in total. The van der Waals surface area contributed by atoms with E-state index in [1.165, 1.54) is 0 Å². The number of furan rings is 1. The molecule has 3 rings (SSSR count). The second-order valence-electron chi connectivity index (χ2n) is 4.79. The fraction of sp³-hybridized carbons (Fsp3) is 0.0625. The summed E-state index contributed by atoms with van der Waals surface area (Å²) in [6.07, 6.45) is 3.96. The van der Waals surface area contributed by atoms with Crippen molar-refractivity contribution in [1.82, 2.24) is 4.98 Å². The van der Waals surface area contributed by atoms with Crippen LogP contribution >= 0.6 is 0 Å². The van der Waals surface area contributed by atoms with Crippen LogP contribution in [0.4, 0.5) is 0 Å². The Kier molecular flexibility index (Phi) is 3.34. The van der Waals surface area contributed by atoms with Crippen molar-refractivity contribution in [1.29, 1.82) is 0 Å². The molecule has 0 radical (unpaired) electrons. The molecule has 0 saturated carbocycles. The topological polar surface area (TPSA) is 101 Å². The molecular weight excluding hydrogens is 286 g/mol. The Hall–Kier alpha value is -3.15. The molecule has 0 aliphatic rings. The van der Waals surface area contributed by atoms with Gasteiger partial charge in [0.25, 0.3) is 0 Å². The zero-order chi connectivity index (χ0) is 15.7. The molecule has 0 fully saturated rings. The molecule has 0 spiro atoms. The third kappa shape index (κ3) is 2.42. The maximum Gasteiger partial charge on any atom is 0.372 e. The first-order valence-corrected chi connectivity index (χ1v) is 6.47. The van der Waals surface area contributed by atoms with Gasteiger partial charge in [0.2, 0.25) is 5.76 Å². The van der Waals surface area contributed by atoms with Gasteiger partial charge in [-0.15, -0.1) is 0 Å². The van der Waals surface area contributed by atoms with Crippen LogP contribution < -0.4 is 0 Å². The van der Waals surface area contributed by atoms with E-state index < -0.39 is 17.7 Å². The fourth-order valence-corrected chi connectivity index (χ4v) is 2.36. The zero-order valence-electron chi connectivity index (χ0n) is 11.3. The van der Waals surface area contributed by atoms with Gasteiger partial charge in [0.05, 0.1) is 0 Å². The zero-order valence-corrected chi connectivity index (χ0v) is 11.3. The number of rotatable bonds is 4. The normalized spacial score (nSPS) is 10.7. The molecule has 22 heavy (non-hydrogen) atoms. The van der Waals surface area contributed by atoms with Crippen molar-refractivity contribution in [3.63, 3.8) is 0 Å². The van der Waals surface area contributed by atoms with Crippen molar-refractivity contribution in [3.05, 3.63) is 65.2 Å². The van der Waals surface area contributed by atoms with Crippen LogP contribution in [0.3, 0.4) is 0 Å². The minimum atomic E-state index is -1.40. The molecule has 6 nitrogen and oxygen atoms in total. The van der Waals surface area contributed by atoms with E-state index in [-0.39, 0.29) is 16.5 Å². The molecule has 110 valence electrons. The highest BCUT2D eigenvalue weighted by atomic mass is 16.4. The molecule has 1 aromatic carbocycles. The van der Waals surface area contributed by atoms with Crippen molar-refractivity contribution >= 4 is 22.9 Å². The predicted molar refractivity (Wildman–Crippen MR) is 77.2 cm³/mol. The Labute approximate surface area is 124 Å². The highest BCUT2D eigenvalue weighted by Crippen LogP contribution is 2.28. The SMILES string of the molecule is O=C(O)c1oc2ccc(Cc3cccnc3)cc2c1C(=O)O. The first-order valence-electron chi connectivity index (χ1n) is 6.47. The number of benzene rings is 1. The lowest BCUT2D eigenvalue weighted by Crippen LogP contribution is -2.04. The number of pyridine rings is 1. The van der Waals surface area contributed by atoms with E-state index in [9.17, 15) is 14.7 Å². The van der Waals surface area contributed by atoms with E-state index in [1.54, 1.807) is 30.6 Å². The van der Waals surface area contributed by atoms with Gasteiger partial charge in [-0.1, -0.05) is 12.1 Å². The molecule has 0 aliphatic heterocycles. The molecule has 3 aromatic rings. The van der Waals surface area contributed by atoms with Crippen molar-refractivity contribution < 1.29 is 24.2 Å². The van der Waals surface area contributed by atoms with Crippen LogP contribution in [-0.4, -0.2) is 27.1 Å². The third-order valence-electron chi connectivity index (χ3n) is 3.29. The van der Waals surface area contributed by atoms with E-state index in [0.717, 1.165) is 11.1 Å². The number of aromatic nitrogens is 1. The van der Waals surface area contributed by atoms with Crippen LogP contribution in [0.25, 0.3) is 11.0 Å². The Morgan fingerprint density at radius 3 is 2.55 bits per heavy atom. The largest absolute Gasteiger partial charge is 0.478 e. The standard InChI is InChI=1S/C16H11NO5/c18-15(19)13-11-7-9(6-10-2-1-5-17-8-10)3-4-12(11)22-14(13)16(20)21/h1-5,7-8H,6H2,(H,18,19)(H,20,21). The molecule has 0 amide bonds. The summed E-state index contributed by atoms with van der Waals surface area (Å²) in [6.45, 7) is 0. The van der Waals surface area contributed by atoms with Crippen LogP contribution in [0.1, 0.15) is 32.0 Å². The van der Waals surface area contributed by atoms with Gasteiger partial charge in [0, 0.05) is 17.8 Å². The Bertz CT molecular complexity index is 867. The van der Waals surface area contributed by atoms with Crippen LogP contribution in [0, 0.1) is 0 Å². The number of nitrogens with zero attached hydrogens (tertiary/aromatic N) is 1. The molecule has 0 unspecified atom stereocenters. The van der Waals surface area contributed by atoms with Crippen LogP contribution in [0.15, 0.2) is 47.1 Å².